The number of nitrogens with one attached hydrogen (secondary N) is 2. The van der Waals surface area contributed by atoms with Gasteiger partial charge in [0.2, 0.25) is 11.8 Å². The maximum Gasteiger partial charge on any atom is 0.408 e. The zero-order chi connectivity index (χ0) is 28.1. The average Bonchev–Trinajstić information content (AvgIpc) is 2.86. The number of rotatable bonds is 12. The monoisotopic (exact) mass is 520 g/mol. The molecule has 0 spiro atoms. The number of carbonyl (C=O) groups excluding carboxylic acids is 3. The molecule has 0 saturated carbocycles. The Kier molecular flexibility index (Phi) is 11.8. The number of nitriles is 1. The fourth-order valence-corrected chi connectivity index (χ4v) is 3.98. The van der Waals surface area contributed by atoms with Gasteiger partial charge >= 0.3 is 6.09 Å². The quantitative estimate of drug-likeness (QED) is 0.308. The summed E-state index contributed by atoms with van der Waals surface area (Å²) in [6.45, 7) is 9.35. The van der Waals surface area contributed by atoms with Crippen molar-refractivity contribution < 1.29 is 19.1 Å². The molecule has 3 amide bonds. The van der Waals surface area contributed by atoms with Crippen LogP contribution in [0.2, 0.25) is 0 Å². The Hall–Kier alpha value is -3.86. The van der Waals surface area contributed by atoms with Crippen LogP contribution in [0.25, 0.3) is 0 Å². The molecule has 0 aliphatic rings. The van der Waals surface area contributed by atoms with Crippen LogP contribution in [0, 0.1) is 18.3 Å². The lowest BCUT2D eigenvalue weighted by Crippen LogP contribution is -2.54. The Morgan fingerprint density at radius 1 is 1.03 bits per heavy atom. The number of carbonyl (C=O) groups is 3. The summed E-state index contributed by atoms with van der Waals surface area (Å²) in [6.07, 6.45) is 2.20. The number of alkyl carbamates (subject to hydrolysis) is 1. The number of benzene rings is 2. The molecule has 0 aromatic heterocycles. The molecule has 0 bridgehead atoms. The third-order valence-corrected chi connectivity index (χ3v) is 5.83. The van der Waals surface area contributed by atoms with Crippen molar-refractivity contribution in [3.63, 3.8) is 0 Å². The van der Waals surface area contributed by atoms with E-state index in [2.05, 4.69) is 17.6 Å². The van der Waals surface area contributed by atoms with E-state index in [1.807, 2.05) is 55.5 Å². The highest BCUT2D eigenvalue weighted by molar-refractivity contribution is 5.92. The Bertz CT molecular complexity index is 1090. The van der Waals surface area contributed by atoms with E-state index in [-0.39, 0.29) is 18.9 Å². The number of nitrogens with zero attached hydrogens (tertiary/aromatic N) is 2. The van der Waals surface area contributed by atoms with E-state index in [0.717, 1.165) is 30.4 Å². The molecule has 2 unspecified atom stereocenters. The Labute approximate surface area is 226 Å². The lowest BCUT2D eigenvalue weighted by atomic mass is 9.99. The average molecular weight is 521 g/mol. The summed E-state index contributed by atoms with van der Waals surface area (Å²) >= 11 is 0. The fraction of sp³-hybridized carbons (Fsp3) is 0.467. The summed E-state index contributed by atoms with van der Waals surface area (Å²) in [5.41, 5.74) is 1.64. The Balaban J connectivity index is 2.45. The van der Waals surface area contributed by atoms with Crippen LogP contribution in [0.15, 0.2) is 54.6 Å². The summed E-state index contributed by atoms with van der Waals surface area (Å²) in [6, 6.07) is 16.5. The number of aryl methyl sites for hydroxylation is 1. The molecule has 2 atom stereocenters. The minimum absolute atomic E-state index is 0.166. The molecule has 2 aromatic carbocycles. The molecular formula is C30H40N4O4. The van der Waals surface area contributed by atoms with Gasteiger partial charge in [-0.1, -0.05) is 79.9 Å². The predicted molar refractivity (Wildman–Crippen MR) is 147 cm³/mol. The second-order valence-corrected chi connectivity index (χ2v) is 10.3. The highest BCUT2D eigenvalue weighted by Crippen LogP contribution is 2.24. The van der Waals surface area contributed by atoms with Crippen LogP contribution in [0.4, 0.5) is 4.79 Å². The molecule has 0 radical (unpaired) electrons. The number of hydrogen-bond acceptors (Lipinski definition) is 5. The molecule has 0 fully saturated rings. The molecule has 38 heavy (non-hydrogen) atoms. The van der Waals surface area contributed by atoms with Crippen LogP contribution in [-0.2, 0) is 20.7 Å². The van der Waals surface area contributed by atoms with Crippen LogP contribution in [0.1, 0.15) is 69.7 Å². The van der Waals surface area contributed by atoms with E-state index in [0.29, 0.717) is 12.1 Å². The van der Waals surface area contributed by atoms with Gasteiger partial charge in [-0.15, -0.1) is 0 Å². The SMILES string of the molecule is CCCCCNC(=O)C(c1ccc(C)cc1)N(CC#N)C(=O)C(Cc1ccccc1)NC(=O)OC(C)(C)C. The third-order valence-electron chi connectivity index (χ3n) is 5.83. The molecule has 0 saturated heterocycles. The van der Waals surface area contributed by atoms with Crippen molar-refractivity contribution in [3.05, 3.63) is 71.3 Å². The largest absolute Gasteiger partial charge is 0.444 e. The molecule has 2 N–H and O–H groups in total. The van der Waals surface area contributed by atoms with E-state index in [1.165, 1.54) is 4.90 Å². The van der Waals surface area contributed by atoms with Crippen LogP contribution in [0.5, 0.6) is 0 Å². The topological polar surface area (TPSA) is 112 Å². The third kappa shape index (κ3) is 9.89. The van der Waals surface area contributed by atoms with Gasteiger partial charge < -0.3 is 20.3 Å². The van der Waals surface area contributed by atoms with E-state index in [4.69, 9.17) is 4.74 Å². The number of amides is 3. The van der Waals surface area contributed by atoms with Gasteiger partial charge in [-0.3, -0.25) is 9.59 Å². The summed E-state index contributed by atoms with van der Waals surface area (Å²) in [7, 11) is 0. The Morgan fingerprint density at radius 3 is 2.26 bits per heavy atom. The van der Waals surface area contributed by atoms with E-state index >= 15 is 0 Å². The zero-order valence-corrected chi connectivity index (χ0v) is 23.1. The van der Waals surface area contributed by atoms with Crippen molar-refractivity contribution in [1.29, 1.82) is 5.26 Å². The van der Waals surface area contributed by atoms with Crippen LogP contribution in [0.3, 0.4) is 0 Å². The highest BCUT2D eigenvalue weighted by atomic mass is 16.6. The first-order chi connectivity index (χ1) is 18.1. The van der Waals surface area contributed by atoms with Gasteiger partial charge in [0.25, 0.3) is 0 Å². The normalized spacial score (nSPS) is 12.5. The first-order valence-corrected chi connectivity index (χ1v) is 13.1. The molecule has 8 heteroatoms. The predicted octanol–water partition coefficient (Wildman–Crippen LogP) is 4.83. The van der Waals surface area contributed by atoms with Crippen molar-refractivity contribution in [1.82, 2.24) is 15.5 Å². The van der Waals surface area contributed by atoms with E-state index in [1.54, 1.807) is 32.9 Å². The van der Waals surface area contributed by atoms with Gasteiger partial charge in [-0.05, 0) is 45.2 Å². The minimum atomic E-state index is -1.05. The highest BCUT2D eigenvalue weighted by Gasteiger charge is 2.36. The summed E-state index contributed by atoms with van der Waals surface area (Å²) in [4.78, 5) is 41.5. The molecule has 2 rings (SSSR count). The van der Waals surface area contributed by atoms with Gasteiger partial charge in [-0.25, -0.2) is 4.79 Å². The van der Waals surface area contributed by atoms with E-state index in [9.17, 15) is 19.6 Å². The van der Waals surface area contributed by atoms with Gasteiger partial charge in [0.1, 0.15) is 24.2 Å². The lowest BCUT2D eigenvalue weighted by Gasteiger charge is -2.33. The molecule has 0 aliphatic heterocycles. The maximum absolute atomic E-state index is 14.0. The van der Waals surface area contributed by atoms with Crippen molar-refractivity contribution in [2.45, 2.75) is 78.0 Å². The first-order valence-electron chi connectivity index (χ1n) is 13.1. The van der Waals surface area contributed by atoms with Crippen molar-refractivity contribution in [2.24, 2.45) is 0 Å². The summed E-state index contributed by atoms with van der Waals surface area (Å²) in [5.74, 6) is -0.917. The standard InChI is InChI=1S/C30H40N4O4/c1-6-7-11-19-32-27(35)26(24-16-14-22(2)15-17-24)34(20-18-31)28(36)25(21-23-12-9-8-10-13-23)33-29(37)38-30(3,4)5/h8-10,12-17,25-26H,6-7,11,19-21H2,1-5H3,(H,32,35)(H,33,37). The second-order valence-electron chi connectivity index (χ2n) is 10.3. The van der Waals surface area contributed by atoms with E-state index < -0.39 is 29.7 Å². The zero-order valence-electron chi connectivity index (χ0n) is 23.1. The van der Waals surface area contributed by atoms with Gasteiger partial charge in [-0.2, -0.15) is 5.26 Å². The van der Waals surface area contributed by atoms with Crippen molar-refractivity contribution >= 4 is 17.9 Å². The minimum Gasteiger partial charge on any atom is -0.444 e. The Morgan fingerprint density at radius 2 is 1.68 bits per heavy atom. The molecule has 204 valence electrons. The van der Waals surface area contributed by atoms with Gasteiger partial charge in [0.05, 0.1) is 6.07 Å². The summed E-state index contributed by atoms with van der Waals surface area (Å²) in [5, 5.41) is 15.3. The van der Waals surface area contributed by atoms with Crippen LogP contribution in [-0.4, -0.2) is 47.5 Å². The number of unbranched alkanes of at least 4 members (excludes halogenated alkanes) is 2. The smallest absolute Gasteiger partial charge is 0.408 e. The fourth-order valence-electron chi connectivity index (χ4n) is 3.98. The van der Waals surface area contributed by atoms with Gasteiger partial charge in [0.15, 0.2) is 0 Å². The van der Waals surface area contributed by atoms with Crippen LogP contribution < -0.4 is 10.6 Å². The van der Waals surface area contributed by atoms with Crippen molar-refractivity contribution in [3.8, 4) is 6.07 Å². The molecule has 0 aliphatic carbocycles. The molecule has 8 nitrogen and oxygen atoms in total. The van der Waals surface area contributed by atoms with Crippen LogP contribution >= 0.6 is 0 Å². The first kappa shape index (κ1) is 30.4. The maximum atomic E-state index is 14.0. The molecule has 0 heterocycles. The lowest BCUT2D eigenvalue weighted by molar-refractivity contribution is -0.141. The van der Waals surface area contributed by atoms with Gasteiger partial charge in [0, 0.05) is 13.0 Å². The second kappa shape index (κ2) is 14.8. The summed E-state index contributed by atoms with van der Waals surface area (Å²) < 4.78 is 5.41. The van der Waals surface area contributed by atoms with Crippen molar-refractivity contribution in [2.75, 3.05) is 13.1 Å². The number of ether oxygens (including phenoxy) is 1. The molecule has 2 aromatic rings. The molecular weight excluding hydrogens is 480 g/mol. The number of hydrogen-bond donors (Lipinski definition) is 2.